The SMILES string of the molecule is O=C(Cc1cc[n+]([O-])cc1)N1CCC(C2c3ccc(Cl)c(Br)c3CCc3cc(Br)c[n+]([O-])c32)CC1. The van der Waals surface area contributed by atoms with E-state index < -0.39 is 0 Å². The standard InChI is InChI=1S/C26H24Br2ClN3O3/c27-19-14-18-1-2-21-20(3-4-22(29)25(21)28)24(26(18)32(35)15-19)17-7-9-30(10-8-17)23(33)13-16-5-11-31(34)12-6-16/h3-6,11-12,14-15,17,24H,1-2,7-10,13H2. The van der Waals surface area contributed by atoms with Gasteiger partial charge in [-0.2, -0.15) is 9.46 Å². The van der Waals surface area contributed by atoms with Crippen molar-refractivity contribution in [3.8, 4) is 0 Å². The Morgan fingerprint density at radius 1 is 1.09 bits per heavy atom. The Morgan fingerprint density at radius 3 is 2.51 bits per heavy atom. The Labute approximate surface area is 225 Å². The quantitative estimate of drug-likeness (QED) is 0.310. The predicted molar refractivity (Wildman–Crippen MR) is 140 cm³/mol. The van der Waals surface area contributed by atoms with Crippen molar-refractivity contribution in [1.29, 1.82) is 0 Å². The highest BCUT2D eigenvalue weighted by molar-refractivity contribution is 9.10. The zero-order chi connectivity index (χ0) is 24.7. The number of aromatic nitrogens is 2. The first kappa shape index (κ1) is 24.5. The minimum absolute atomic E-state index is 0.0612. The van der Waals surface area contributed by atoms with Gasteiger partial charge in [-0.15, -0.1) is 0 Å². The fourth-order valence-corrected chi connectivity index (χ4v) is 6.70. The zero-order valence-corrected chi connectivity index (χ0v) is 22.9. The summed E-state index contributed by atoms with van der Waals surface area (Å²) in [6.45, 7) is 1.28. The minimum atomic E-state index is -0.0689. The van der Waals surface area contributed by atoms with Crippen LogP contribution in [-0.4, -0.2) is 23.9 Å². The van der Waals surface area contributed by atoms with Gasteiger partial charge < -0.3 is 15.3 Å². The molecule has 182 valence electrons. The smallest absolute Gasteiger partial charge is 0.226 e. The van der Waals surface area contributed by atoms with Gasteiger partial charge in [-0.05, 0) is 92.3 Å². The summed E-state index contributed by atoms with van der Waals surface area (Å²) in [5.74, 6) is 0.215. The number of carbonyl (C=O) groups is 1. The van der Waals surface area contributed by atoms with Crippen LogP contribution in [0.1, 0.15) is 46.7 Å². The number of halogens is 3. The number of hydrogen-bond acceptors (Lipinski definition) is 3. The molecule has 2 aliphatic rings. The molecule has 1 fully saturated rings. The number of aryl methyl sites for hydroxylation is 1. The first-order chi connectivity index (χ1) is 16.8. The van der Waals surface area contributed by atoms with Crippen molar-refractivity contribution in [2.24, 2.45) is 5.92 Å². The predicted octanol–water partition coefficient (Wildman–Crippen LogP) is 4.84. The van der Waals surface area contributed by atoms with E-state index in [1.807, 2.05) is 11.0 Å². The van der Waals surface area contributed by atoms with Gasteiger partial charge >= 0.3 is 0 Å². The molecule has 6 nitrogen and oxygen atoms in total. The molecule has 1 amide bonds. The molecule has 1 aliphatic heterocycles. The van der Waals surface area contributed by atoms with Gasteiger partial charge in [0.15, 0.2) is 18.6 Å². The summed E-state index contributed by atoms with van der Waals surface area (Å²) in [7, 11) is 0. The molecule has 0 saturated carbocycles. The maximum atomic E-state index is 13.2. The van der Waals surface area contributed by atoms with E-state index >= 15 is 0 Å². The summed E-state index contributed by atoms with van der Waals surface area (Å²) < 4.78 is 3.42. The first-order valence-electron chi connectivity index (χ1n) is 11.7. The largest absolute Gasteiger partial charge is 0.619 e. The number of likely N-dealkylation sites (tertiary alicyclic amines) is 1. The average Bonchev–Trinajstić information content (AvgIpc) is 3.00. The monoisotopic (exact) mass is 619 g/mol. The number of hydrogen-bond donors (Lipinski definition) is 0. The number of benzene rings is 1. The number of rotatable bonds is 3. The average molecular weight is 622 g/mol. The second kappa shape index (κ2) is 10.1. The molecule has 9 heteroatoms. The van der Waals surface area contributed by atoms with Gasteiger partial charge in [0.1, 0.15) is 0 Å². The Hall–Kier alpha value is -2.16. The summed E-state index contributed by atoms with van der Waals surface area (Å²) in [6, 6.07) is 9.40. The Morgan fingerprint density at radius 2 is 1.80 bits per heavy atom. The molecule has 35 heavy (non-hydrogen) atoms. The molecule has 1 atom stereocenters. The van der Waals surface area contributed by atoms with Crippen LogP contribution in [0.25, 0.3) is 0 Å². The molecule has 5 rings (SSSR count). The zero-order valence-electron chi connectivity index (χ0n) is 18.9. The summed E-state index contributed by atoms with van der Waals surface area (Å²) >= 11 is 13.6. The van der Waals surface area contributed by atoms with Gasteiger partial charge in [-0.3, -0.25) is 4.79 Å². The van der Waals surface area contributed by atoms with Crippen molar-refractivity contribution in [3.63, 3.8) is 0 Å². The molecule has 0 N–H and O–H groups in total. The fourth-order valence-electron chi connectivity index (χ4n) is 5.51. The van der Waals surface area contributed by atoms with Crippen LogP contribution in [0.15, 0.2) is 57.9 Å². The van der Waals surface area contributed by atoms with Crippen LogP contribution in [0.5, 0.6) is 0 Å². The number of nitrogens with zero attached hydrogens (tertiary/aromatic N) is 3. The number of amides is 1. The van der Waals surface area contributed by atoms with E-state index in [-0.39, 0.29) is 24.2 Å². The van der Waals surface area contributed by atoms with Crippen molar-refractivity contribution < 1.29 is 14.3 Å². The van der Waals surface area contributed by atoms with Crippen LogP contribution < -0.4 is 9.46 Å². The van der Waals surface area contributed by atoms with Crippen LogP contribution in [-0.2, 0) is 24.1 Å². The third-order valence-corrected chi connectivity index (χ3v) is 9.10. The van der Waals surface area contributed by atoms with Gasteiger partial charge in [0, 0.05) is 35.3 Å². The summed E-state index contributed by atoms with van der Waals surface area (Å²) in [5.41, 5.74) is 4.99. The number of pyridine rings is 2. The summed E-state index contributed by atoms with van der Waals surface area (Å²) in [6.07, 6.45) is 7.87. The van der Waals surface area contributed by atoms with Gasteiger partial charge in [0.05, 0.1) is 21.8 Å². The van der Waals surface area contributed by atoms with Crippen molar-refractivity contribution in [3.05, 3.63) is 101 Å². The maximum absolute atomic E-state index is 13.2. The second-order valence-corrected chi connectivity index (χ2v) is 11.4. The third kappa shape index (κ3) is 4.93. The van der Waals surface area contributed by atoms with Crippen molar-refractivity contribution in [2.75, 3.05) is 13.1 Å². The van der Waals surface area contributed by atoms with Crippen LogP contribution in [0.4, 0.5) is 0 Å². The summed E-state index contributed by atoms with van der Waals surface area (Å²) in [4.78, 5) is 14.8. The van der Waals surface area contributed by atoms with Gasteiger partial charge in [0.25, 0.3) is 0 Å². The molecule has 1 saturated heterocycles. The van der Waals surface area contributed by atoms with Gasteiger partial charge in [0.2, 0.25) is 11.6 Å². The van der Waals surface area contributed by atoms with E-state index in [0.717, 1.165) is 67.3 Å². The third-order valence-electron chi connectivity index (χ3n) is 7.22. The first-order valence-corrected chi connectivity index (χ1v) is 13.6. The lowest BCUT2D eigenvalue weighted by molar-refractivity contribution is -0.616. The van der Waals surface area contributed by atoms with E-state index in [1.165, 1.54) is 12.4 Å². The molecule has 3 aromatic rings. The van der Waals surface area contributed by atoms with Crippen molar-refractivity contribution in [2.45, 2.75) is 38.0 Å². The van der Waals surface area contributed by atoms with E-state index in [2.05, 4.69) is 44.0 Å². The molecule has 0 bridgehead atoms. The van der Waals surface area contributed by atoms with E-state index in [0.29, 0.717) is 22.8 Å². The van der Waals surface area contributed by atoms with Crippen LogP contribution in [0.3, 0.4) is 0 Å². The second-order valence-electron chi connectivity index (χ2n) is 9.26. The number of fused-ring (bicyclic) bond motifs is 2. The Kier molecular flexibility index (Phi) is 7.06. The highest BCUT2D eigenvalue weighted by atomic mass is 79.9. The fraction of sp³-hybridized carbons (Fsp3) is 0.346. The van der Waals surface area contributed by atoms with E-state index in [4.69, 9.17) is 11.6 Å². The van der Waals surface area contributed by atoms with Crippen molar-refractivity contribution in [1.82, 2.24) is 4.90 Å². The normalized spacial score (nSPS) is 18.0. The molecule has 0 radical (unpaired) electrons. The number of piperidine rings is 1. The molecule has 1 unspecified atom stereocenters. The van der Waals surface area contributed by atoms with Crippen molar-refractivity contribution >= 4 is 49.4 Å². The van der Waals surface area contributed by atoms with Gasteiger partial charge in [-0.25, -0.2) is 0 Å². The lowest BCUT2D eigenvalue weighted by Gasteiger charge is -2.36. The highest BCUT2D eigenvalue weighted by Gasteiger charge is 2.39. The minimum Gasteiger partial charge on any atom is -0.619 e. The van der Waals surface area contributed by atoms with Crippen LogP contribution in [0.2, 0.25) is 5.02 Å². The van der Waals surface area contributed by atoms with Crippen LogP contribution >= 0.6 is 43.5 Å². The molecule has 3 heterocycles. The van der Waals surface area contributed by atoms with E-state index in [1.54, 1.807) is 18.3 Å². The van der Waals surface area contributed by atoms with E-state index in [9.17, 15) is 15.2 Å². The Bertz CT molecular complexity index is 1280. The Balaban J connectivity index is 1.42. The molecule has 1 aromatic carbocycles. The molecule has 0 spiro atoms. The van der Waals surface area contributed by atoms with Gasteiger partial charge in [-0.1, -0.05) is 17.7 Å². The molecular formula is C26H24Br2ClN3O3. The molecule has 1 aliphatic carbocycles. The van der Waals surface area contributed by atoms with Crippen LogP contribution in [0, 0.1) is 16.3 Å². The highest BCUT2D eigenvalue weighted by Crippen LogP contribution is 2.45. The lowest BCUT2D eigenvalue weighted by Crippen LogP contribution is -2.43. The maximum Gasteiger partial charge on any atom is 0.226 e. The topological polar surface area (TPSA) is 74.2 Å². The number of carbonyl (C=O) groups excluding carboxylic acids is 1. The lowest BCUT2D eigenvalue weighted by atomic mass is 9.76. The molecular weight excluding hydrogens is 598 g/mol. The summed E-state index contributed by atoms with van der Waals surface area (Å²) in [5, 5.41) is 25.1. The molecule has 2 aromatic heterocycles.